The van der Waals surface area contributed by atoms with E-state index in [-0.39, 0.29) is 50.4 Å². The van der Waals surface area contributed by atoms with Crippen molar-refractivity contribution in [3.8, 4) is 11.5 Å². The van der Waals surface area contributed by atoms with Gasteiger partial charge in [-0.1, -0.05) is 146 Å². The molecule has 23 nitrogen and oxygen atoms in total. The maximum Gasteiger partial charge on any atom is 0.408 e. The number of carbonyl (C=O) groups excluding carboxylic acids is 2. The second-order valence-electron chi connectivity index (χ2n) is 26.3. The van der Waals surface area contributed by atoms with E-state index in [1.807, 2.05) is 175 Å². The lowest BCUT2D eigenvalue weighted by molar-refractivity contribution is -0.157. The summed E-state index contributed by atoms with van der Waals surface area (Å²) in [5.41, 5.74) is 1.30. The molecule has 11 rings (SSSR count). The van der Waals surface area contributed by atoms with Crippen LogP contribution < -0.4 is 31.1 Å². The number of hydrogen-bond acceptors (Lipinski definition) is 20. The van der Waals surface area contributed by atoms with Crippen LogP contribution in [0.3, 0.4) is 0 Å². The molecule has 8 atom stereocenters. The third kappa shape index (κ3) is 15.2. The molecule has 9 aromatic rings. The first-order chi connectivity index (χ1) is 46.6. The lowest BCUT2D eigenvalue weighted by atomic mass is 9.77. The molecule has 2 saturated heterocycles. The molecular formula is C74H84N10O13. The van der Waals surface area contributed by atoms with E-state index in [9.17, 15) is 34.8 Å². The van der Waals surface area contributed by atoms with Crippen molar-refractivity contribution in [1.29, 1.82) is 0 Å². The van der Waals surface area contributed by atoms with E-state index in [2.05, 4.69) is 16.0 Å². The number of hydrogen-bond donors (Lipinski definition) is 7. The van der Waals surface area contributed by atoms with Gasteiger partial charge in [0.1, 0.15) is 82.6 Å². The van der Waals surface area contributed by atoms with E-state index >= 15 is 0 Å². The molecular weight excluding hydrogens is 1240 g/mol. The summed E-state index contributed by atoms with van der Waals surface area (Å²) in [6.45, 7) is 9.87. The van der Waals surface area contributed by atoms with Crippen LogP contribution in [0.2, 0.25) is 0 Å². The van der Waals surface area contributed by atoms with E-state index < -0.39 is 95.7 Å². The van der Waals surface area contributed by atoms with E-state index in [1.165, 1.54) is 17.2 Å². The van der Waals surface area contributed by atoms with Gasteiger partial charge in [-0.3, -0.25) is 9.13 Å². The highest BCUT2D eigenvalue weighted by Crippen LogP contribution is 2.44. The molecule has 2 fully saturated rings. The lowest BCUT2D eigenvalue weighted by Gasteiger charge is -2.38. The molecule has 0 aliphatic carbocycles. The summed E-state index contributed by atoms with van der Waals surface area (Å²) in [5, 5.41) is 56.1. The van der Waals surface area contributed by atoms with Crippen molar-refractivity contribution < 1.29 is 58.4 Å². The Morgan fingerprint density at radius 2 is 1.12 bits per heavy atom. The van der Waals surface area contributed by atoms with Crippen LogP contribution in [-0.2, 0) is 41.2 Å². The number of amides is 1. The normalized spacial score (nSPS) is 19.3. The number of aromatic nitrogens is 6. The van der Waals surface area contributed by atoms with Crippen LogP contribution in [-0.4, -0.2) is 155 Å². The van der Waals surface area contributed by atoms with Gasteiger partial charge in [0.25, 0.3) is 0 Å². The molecule has 5 heterocycles. The number of esters is 1. The van der Waals surface area contributed by atoms with E-state index in [0.717, 1.165) is 33.4 Å². The first kappa shape index (κ1) is 68.8. The van der Waals surface area contributed by atoms with Crippen LogP contribution in [0.5, 0.6) is 11.5 Å². The van der Waals surface area contributed by atoms with Crippen LogP contribution >= 0.6 is 0 Å². The van der Waals surface area contributed by atoms with Crippen molar-refractivity contribution in [2.75, 3.05) is 51.1 Å². The highest BCUT2D eigenvalue weighted by Gasteiger charge is 2.46. The minimum Gasteiger partial charge on any atom is -0.497 e. The topological polar surface area (TPSA) is 288 Å². The van der Waals surface area contributed by atoms with Crippen molar-refractivity contribution >= 4 is 34.9 Å². The standard InChI is InChI=1S/C74H84N10O13/c1-71(2,3)96-68(89)56(78-70(91)97-72(4,5)6)38-40-82(39-37-47-42-83(60-41-57(86)59(44-85)94-60)69(90)79-64(47)80-73(48-21-13-9-14-22-48,49-23-15-10-16-24-49)52-29-33-54(92-7)34-30-52)43-58-62(87)63(88)67(95-58)84-46-77-61-65(75-45-76-66(61)84)81-74(50-25-17-11-18-26-50,51-27-19-12-20-28-51)53-31-35-55(93-8)36-32-53/h9-36,42,45-46,56-60,62-63,67,85-88H,37-41,43-44H2,1-8H3,(H,78,91)(H,75,76,81)(H,79,80,90)/t56-,57-,58+,59+,60-,62+,63+,67+/m0/s1. The summed E-state index contributed by atoms with van der Waals surface area (Å²) < 4.78 is 38.5. The Hall–Kier alpha value is -9.59. The Morgan fingerprint density at radius 1 is 0.619 bits per heavy atom. The number of fused-ring (bicyclic) bond motifs is 1. The Labute approximate surface area is 563 Å². The highest BCUT2D eigenvalue weighted by molar-refractivity contribution is 5.84. The van der Waals surface area contributed by atoms with Crippen LogP contribution in [0.4, 0.5) is 16.4 Å². The Kier molecular flexibility index (Phi) is 20.9. The first-order valence-corrected chi connectivity index (χ1v) is 32.4. The van der Waals surface area contributed by atoms with Crippen molar-refractivity contribution in [3.05, 3.63) is 238 Å². The number of alkyl carbamates (subject to hydrolysis) is 1. The molecule has 23 heteroatoms. The molecule has 0 bridgehead atoms. The van der Waals surface area contributed by atoms with Gasteiger partial charge in [-0.05, 0) is 112 Å². The molecule has 2 aliphatic rings. The number of aliphatic hydroxyl groups excluding tert-OH is 4. The van der Waals surface area contributed by atoms with Gasteiger partial charge >= 0.3 is 17.8 Å². The Balaban J connectivity index is 0.976. The maximum atomic E-state index is 14.7. The van der Waals surface area contributed by atoms with Gasteiger partial charge in [-0.15, -0.1) is 0 Å². The summed E-state index contributed by atoms with van der Waals surface area (Å²) in [6.07, 6.45) is -4.79. The third-order valence-electron chi connectivity index (χ3n) is 17.4. The fourth-order valence-corrected chi connectivity index (χ4v) is 12.7. The number of aliphatic hydroxyl groups is 4. The van der Waals surface area contributed by atoms with Crippen LogP contribution in [0.25, 0.3) is 11.2 Å². The van der Waals surface area contributed by atoms with Gasteiger partial charge in [0.05, 0.1) is 33.3 Å². The second kappa shape index (κ2) is 29.4. The monoisotopic (exact) mass is 1320 g/mol. The summed E-state index contributed by atoms with van der Waals surface area (Å²) >= 11 is 0. The molecule has 1 amide bonds. The number of rotatable bonds is 25. The highest BCUT2D eigenvalue weighted by atomic mass is 16.6. The maximum absolute atomic E-state index is 14.7. The fourth-order valence-electron chi connectivity index (χ4n) is 12.7. The zero-order chi connectivity index (χ0) is 68.7. The van der Waals surface area contributed by atoms with Crippen molar-refractivity contribution in [2.45, 2.75) is 132 Å². The van der Waals surface area contributed by atoms with E-state index in [4.69, 9.17) is 48.4 Å². The van der Waals surface area contributed by atoms with Gasteiger partial charge in [0.2, 0.25) is 0 Å². The number of nitrogens with one attached hydrogen (secondary N) is 3. The van der Waals surface area contributed by atoms with Gasteiger partial charge in [-0.25, -0.2) is 29.3 Å². The molecule has 97 heavy (non-hydrogen) atoms. The molecule has 0 spiro atoms. The predicted octanol–water partition coefficient (Wildman–Crippen LogP) is 8.64. The number of carbonyl (C=O) groups is 2. The zero-order valence-electron chi connectivity index (χ0n) is 55.6. The van der Waals surface area contributed by atoms with Gasteiger partial charge in [0, 0.05) is 37.8 Å². The molecule has 508 valence electrons. The minimum atomic E-state index is -1.54. The second-order valence-corrected chi connectivity index (χ2v) is 26.3. The van der Waals surface area contributed by atoms with Crippen LogP contribution in [0.15, 0.2) is 194 Å². The van der Waals surface area contributed by atoms with Crippen LogP contribution in [0, 0.1) is 0 Å². The minimum absolute atomic E-state index is 0.0199. The fraction of sp³-hybridized carbons (Fsp3) is 0.365. The third-order valence-corrected chi connectivity index (χ3v) is 17.4. The number of anilines is 2. The summed E-state index contributed by atoms with van der Waals surface area (Å²) in [6, 6.07) is 53.5. The average Bonchev–Trinajstić information content (AvgIpc) is 1.16. The Morgan fingerprint density at radius 3 is 1.61 bits per heavy atom. The van der Waals surface area contributed by atoms with Gasteiger partial charge in [0.15, 0.2) is 23.2 Å². The average molecular weight is 1320 g/mol. The van der Waals surface area contributed by atoms with E-state index in [1.54, 1.807) is 66.5 Å². The number of imidazole rings is 1. The molecule has 6 aromatic carbocycles. The number of ether oxygens (including phenoxy) is 6. The lowest BCUT2D eigenvalue weighted by Crippen LogP contribution is -2.48. The largest absolute Gasteiger partial charge is 0.497 e. The van der Waals surface area contributed by atoms with Gasteiger partial charge in [-0.2, -0.15) is 4.98 Å². The molecule has 7 N–H and O–H groups in total. The quantitative estimate of drug-likeness (QED) is 0.0208. The van der Waals surface area contributed by atoms with Crippen molar-refractivity contribution in [1.82, 2.24) is 39.3 Å². The number of nitrogens with zero attached hydrogens (tertiary/aromatic N) is 7. The molecule has 0 radical (unpaired) electrons. The molecule has 0 unspecified atom stereocenters. The van der Waals surface area contributed by atoms with E-state index in [0.29, 0.717) is 28.4 Å². The molecule has 0 saturated carbocycles. The summed E-state index contributed by atoms with van der Waals surface area (Å²) in [7, 11) is 3.21. The molecule has 2 aliphatic heterocycles. The van der Waals surface area contributed by atoms with Crippen LogP contribution in [0.1, 0.15) is 106 Å². The zero-order valence-corrected chi connectivity index (χ0v) is 55.6. The van der Waals surface area contributed by atoms with Crippen molar-refractivity contribution in [3.63, 3.8) is 0 Å². The predicted molar refractivity (Wildman–Crippen MR) is 364 cm³/mol. The number of methoxy groups -OCH3 is 2. The first-order valence-electron chi connectivity index (χ1n) is 32.4. The van der Waals surface area contributed by atoms with Gasteiger partial charge < -0.3 is 69.7 Å². The smallest absolute Gasteiger partial charge is 0.408 e. The number of benzene rings is 6. The summed E-state index contributed by atoms with van der Waals surface area (Å²) in [5.74, 6) is 1.12. The van der Waals surface area contributed by atoms with Crippen molar-refractivity contribution in [2.24, 2.45) is 0 Å². The molecule has 3 aromatic heterocycles. The Bertz CT molecular complexity index is 4080. The summed E-state index contributed by atoms with van der Waals surface area (Å²) in [4.78, 5) is 63.5. The SMILES string of the molecule is COc1ccc(C(Nc2nc(=O)n([C@@H]3C[C@H](O)[C@@H](CO)O3)cc2CCN(CC[C@H](NC(=O)OC(C)(C)C)C(=O)OC(C)(C)C)C[C@H]2O[C@@H](n3cnc4c(NC(c5ccccc5)(c5ccccc5)c5ccc(OC)cc5)ncnc43)[C@H](O)[C@@H]2O)(c2ccccc2)c2ccccc2)cc1.